The lowest BCUT2D eigenvalue weighted by Gasteiger charge is -2.75. The number of amides is 1. The van der Waals surface area contributed by atoms with Gasteiger partial charge in [0.05, 0.1) is 5.52 Å². The van der Waals surface area contributed by atoms with Gasteiger partial charge >= 0.3 is 6.10 Å². The molecular weight excluding hydrogens is 544 g/mol. The van der Waals surface area contributed by atoms with Gasteiger partial charge in [-0.15, -0.1) is 4.90 Å². The highest BCUT2D eigenvalue weighted by Gasteiger charge is 3.02. The first-order valence-electron chi connectivity index (χ1n) is 10.4. The predicted molar refractivity (Wildman–Crippen MR) is 110 cm³/mol. The summed E-state index contributed by atoms with van der Waals surface area (Å²) in [5.74, 6) is -29.0. The van der Waals surface area contributed by atoms with E-state index in [1.165, 1.54) is 31.3 Å². The van der Waals surface area contributed by atoms with Crippen molar-refractivity contribution in [2.24, 2.45) is 7.05 Å². The van der Waals surface area contributed by atoms with E-state index in [0.29, 0.717) is 0 Å². The van der Waals surface area contributed by atoms with Crippen LogP contribution in [0.15, 0.2) is 24.3 Å². The molecule has 2 saturated heterocycles. The van der Waals surface area contributed by atoms with Gasteiger partial charge in [-0.05, 0) is 6.07 Å². The number of rotatable bonds is 3. The zero-order valence-corrected chi connectivity index (χ0v) is 19.2. The second-order valence-electron chi connectivity index (χ2n) is 9.29. The van der Waals surface area contributed by atoms with Crippen LogP contribution in [0.5, 0.6) is 0 Å². The normalized spacial score (nSPS) is 34.6. The van der Waals surface area contributed by atoms with Gasteiger partial charge in [-0.3, -0.25) is 9.48 Å². The predicted octanol–water partition coefficient (Wildman–Crippen LogP) is -10.3. The zero-order chi connectivity index (χ0) is 30.2. The lowest BCUT2D eigenvalue weighted by atomic mass is 9.59. The van der Waals surface area contributed by atoms with E-state index < -0.39 is 68.7 Å². The van der Waals surface area contributed by atoms with Crippen LogP contribution in [-0.4, -0.2) is 154 Å². The zero-order valence-electron chi connectivity index (χ0n) is 19.2. The fraction of sp³-hybridized carbons (Fsp3) is 0.556. The highest BCUT2D eigenvalue weighted by Crippen LogP contribution is 2.64. The van der Waals surface area contributed by atoms with Gasteiger partial charge in [-0.2, -0.15) is 5.10 Å². The summed E-state index contributed by atoms with van der Waals surface area (Å²) < 4.78 is 1.06. The molecule has 4 rings (SSSR count). The van der Waals surface area contributed by atoms with Gasteiger partial charge < -0.3 is 87.0 Å². The van der Waals surface area contributed by atoms with Crippen molar-refractivity contribution in [1.82, 2.24) is 20.0 Å². The molecule has 2 aliphatic heterocycles. The van der Waals surface area contributed by atoms with Crippen molar-refractivity contribution < 1.29 is 86.5 Å². The van der Waals surface area contributed by atoms with Crippen LogP contribution in [0, 0.1) is 0 Å². The van der Waals surface area contributed by atoms with Crippen LogP contribution in [0.25, 0.3) is 10.9 Å². The molecule has 218 valence electrons. The van der Waals surface area contributed by atoms with Crippen molar-refractivity contribution in [1.29, 1.82) is 0 Å². The summed E-state index contributed by atoms with van der Waals surface area (Å²) in [4.78, 5) is 11.3. The Morgan fingerprint density at radius 3 is 1.62 bits per heavy atom. The first-order valence-corrected chi connectivity index (χ1v) is 10.4. The van der Waals surface area contributed by atoms with Crippen molar-refractivity contribution in [2.45, 2.75) is 52.2 Å². The molecule has 0 spiro atoms. The molecule has 2 unspecified atom stereocenters. The number of aromatic nitrogens is 2. The van der Waals surface area contributed by atoms with Crippen LogP contribution >= 0.6 is 0 Å². The molecule has 0 saturated carbocycles. The molecular formula is C18H24N4O17. The van der Waals surface area contributed by atoms with E-state index in [-0.39, 0.29) is 10.9 Å². The Kier molecular flexibility index (Phi) is 5.59. The molecule has 2 fully saturated rings. The highest BCUT2D eigenvalue weighted by molar-refractivity contribution is 6.05. The van der Waals surface area contributed by atoms with Gasteiger partial charge in [0.25, 0.3) is 40.6 Å². The number of nitrogens with zero attached hydrogens (tertiary/aromatic N) is 3. The number of para-hydroxylation sites is 1. The molecule has 0 aliphatic carbocycles. The Labute approximate surface area is 213 Å². The third kappa shape index (κ3) is 2.79. The number of hydrogen-bond acceptors (Lipinski definition) is 19. The molecule has 21 heteroatoms. The van der Waals surface area contributed by atoms with Gasteiger partial charge in [-0.25, -0.2) is 0 Å². The van der Waals surface area contributed by atoms with Crippen LogP contribution in [-0.2, 0) is 7.05 Å². The molecule has 17 N–H and O–H groups in total. The minimum absolute atomic E-state index is 0.0683. The van der Waals surface area contributed by atoms with Crippen molar-refractivity contribution in [3.63, 3.8) is 0 Å². The topological polar surface area (TPSA) is 374 Å². The summed E-state index contributed by atoms with van der Waals surface area (Å²) in [6, 6.07) is 5.53. The second-order valence-corrected chi connectivity index (χ2v) is 9.29. The lowest BCUT2D eigenvalue weighted by molar-refractivity contribution is -0.688. The first kappa shape index (κ1) is 29.5. The molecule has 1 aromatic carbocycles. The van der Waals surface area contributed by atoms with Gasteiger partial charge in [-0.1, -0.05) is 18.2 Å². The first-order chi connectivity index (χ1) is 17.2. The van der Waals surface area contributed by atoms with Crippen molar-refractivity contribution in [3.05, 3.63) is 30.0 Å². The van der Waals surface area contributed by atoms with Crippen LogP contribution in [0.1, 0.15) is 10.5 Å². The smallest absolute Gasteiger partial charge is 0.351 e. The maximum Gasteiger partial charge on any atom is 0.351 e. The highest BCUT2D eigenvalue weighted by atomic mass is 16.8. The summed E-state index contributed by atoms with van der Waals surface area (Å²) in [6.45, 7) is 0. The Bertz CT molecular complexity index is 1320. The van der Waals surface area contributed by atoms with Crippen molar-refractivity contribution >= 4 is 16.8 Å². The number of aliphatic hydroxyl groups is 16. The third-order valence-corrected chi connectivity index (χ3v) is 7.14. The third-order valence-electron chi connectivity index (χ3n) is 7.14. The molecule has 1 aromatic heterocycles. The fourth-order valence-corrected chi connectivity index (χ4v) is 5.03. The molecule has 3 heterocycles. The number of fused-ring (bicyclic) bond motifs is 3. The lowest BCUT2D eigenvalue weighted by Crippen LogP contribution is -3.09. The Morgan fingerprint density at radius 1 is 0.744 bits per heavy atom. The van der Waals surface area contributed by atoms with Crippen LogP contribution in [0.2, 0.25) is 0 Å². The van der Waals surface area contributed by atoms with Crippen LogP contribution in [0.4, 0.5) is 0 Å². The number of benzene rings is 1. The molecule has 0 radical (unpaired) electrons. The summed E-state index contributed by atoms with van der Waals surface area (Å²) in [5.41, 5.74) is -16.5. The van der Waals surface area contributed by atoms with Crippen LogP contribution < -0.4 is 5.32 Å². The summed E-state index contributed by atoms with van der Waals surface area (Å²) in [7, 11) is 1.30. The molecule has 1 amide bonds. The standard InChI is InChI=1S/C18H24N4O17/c1-21-7-5-3-2-4-6(7)8(20-21)9(23)19-10(24)13(27,28)11(25)15(31,32)17(35,36)16(33,34)12(26,14(10,29)30)22(11)18(37,38)39/h2-5,24-39H,1H3,(H,19,23). The molecule has 2 aromatic rings. The van der Waals surface area contributed by atoms with E-state index in [0.717, 1.165) is 10.00 Å². The average molecular weight is 568 g/mol. The SMILES string of the molecule is Cn1nc(C(=O)NC2(O)C(O)(O)C3(O)N(C(O)(O)O)C(O)(C(O)(O)C(O)(O)C3(O)O)C2(O)O)c2ccccc21. The monoisotopic (exact) mass is 568 g/mol. The van der Waals surface area contributed by atoms with Gasteiger partial charge in [0.1, 0.15) is 0 Å². The largest absolute Gasteiger partial charge is 0.366 e. The molecule has 21 nitrogen and oxygen atoms in total. The minimum atomic E-state index is -5.47. The summed E-state index contributed by atoms with van der Waals surface area (Å²) in [6.07, 6.45) is -5.22. The molecule has 2 aliphatic rings. The van der Waals surface area contributed by atoms with E-state index in [9.17, 15) is 86.5 Å². The number of nitrogens with one attached hydrogen (secondary N) is 1. The number of hydrogen-bond donors (Lipinski definition) is 17. The summed E-state index contributed by atoms with van der Waals surface area (Å²) >= 11 is 0. The molecule has 2 bridgehead atoms. The number of carbonyl (C=O) groups excluding carboxylic acids is 1. The van der Waals surface area contributed by atoms with E-state index in [1.54, 1.807) is 0 Å². The van der Waals surface area contributed by atoms with Crippen molar-refractivity contribution in [3.8, 4) is 0 Å². The Balaban J connectivity index is 2.07. The van der Waals surface area contributed by atoms with E-state index in [4.69, 9.17) is 0 Å². The van der Waals surface area contributed by atoms with Crippen molar-refractivity contribution in [2.75, 3.05) is 0 Å². The number of aryl methyl sites for hydroxylation is 1. The van der Waals surface area contributed by atoms with E-state index >= 15 is 0 Å². The summed E-state index contributed by atoms with van der Waals surface area (Å²) in [5, 5.41) is 172. The molecule has 39 heavy (non-hydrogen) atoms. The molecule has 2 atom stereocenters. The van der Waals surface area contributed by atoms with Gasteiger partial charge in [0, 0.05) is 12.4 Å². The average Bonchev–Trinajstić information content (AvgIpc) is 3.12. The number of piperidine rings is 2. The maximum atomic E-state index is 13.1. The Hall–Kier alpha value is -2.52. The fourth-order valence-electron chi connectivity index (χ4n) is 5.03. The maximum absolute atomic E-state index is 13.1. The number of carbonyl (C=O) groups is 1. The van der Waals surface area contributed by atoms with Gasteiger partial charge in [0.15, 0.2) is 5.69 Å². The van der Waals surface area contributed by atoms with Crippen LogP contribution in [0.3, 0.4) is 0 Å². The Morgan fingerprint density at radius 2 is 1.18 bits per heavy atom. The second kappa shape index (κ2) is 7.40. The minimum Gasteiger partial charge on any atom is -0.366 e. The quantitative estimate of drug-likeness (QED) is 0.153. The van der Waals surface area contributed by atoms with E-state index in [1.807, 2.05) is 0 Å². The van der Waals surface area contributed by atoms with Gasteiger partial charge in [0.2, 0.25) is 11.4 Å². The van der Waals surface area contributed by atoms with E-state index in [2.05, 4.69) is 5.10 Å².